The first-order chi connectivity index (χ1) is 10.8. The number of ether oxygens (including phenoxy) is 1. The van der Waals surface area contributed by atoms with Crippen LogP contribution in [0.3, 0.4) is 0 Å². The van der Waals surface area contributed by atoms with Gasteiger partial charge in [-0.05, 0) is 40.5 Å². The summed E-state index contributed by atoms with van der Waals surface area (Å²) in [5, 5.41) is 30.1. The molecule has 2 aromatic rings. The quantitative estimate of drug-likeness (QED) is 0.451. The third-order valence-corrected chi connectivity index (χ3v) is 4.31. The highest BCUT2D eigenvalue weighted by molar-refractivity contribution is 9.10. The molecule has 0 bridgehead atoms. The normalized spacial score (nSPS) is 10.4. The molecule has 0 saturated heterocycles. The number of nitro benzene ring substituents is 1. The molecule has 0 radical (unpaired) electrons. The number of methoxy groups -OCH3 is 1. The summed E-state index contributed by atoms with van der Waals surface area (Å²) in [5.41, 5.74) is 0.689. The molecule has 0 fully saturated rings. The first-order valence-electron chi connectivity index (χ1n) is 6.37. The van der Waals surface area contributed by atoms with Gasteiger partial charge in [0.05, 0.1) is 27.8 Å². The lowest BCUT2D eigenvalue weighted by Crippen LogP contribution is -2.08. The second-order valence-corrected chi connectivity index (χ2v) is 5.99. The number of phenolic OH excluding ortho intramolecular Hbond substituents is 1. The largest absolute Gasteiger partial charge is 0.503 e. The molecule has 2 aromatic carbocycles. The molecule has 0 unspecified atom stereocenters. The molecular formula is C15H12BrClN2O4. The number of aryl methyl sites for hydroxylation is 1. The van der Waals surface area contributed by atoms with Gasteiger partial charge >= 0.3 is 5.69 Å². The zero-order valence-electron chi connectivity index (χ0n) is 12.2. The summed E-state index contributed by atoms with van der Waals surface area (Å²) in [6.07, 6.45) is 0. The number of halogens is 2. The predicted octanol–water partition coefficient (Wildman–Crippen LogP) is 4.45. The van der Waals surface area contributed by atoms with Crippen LogP contribution in [0.15, 0.2) is 28.7 Å². The summed E-state index contributed by atoms with van der Waals surface area (Å²) in [6, 6.07) is 6.26. The minimum atomic E-state index is -0.690. The molecule has 0 aromatic heterocycles. The highest BCUT2D eigenvalue weighted by atomic mass is 79.9. The van der Waals surface area contributed by atoms with E-state index in [0.29, 0.717) is 10.6 Å². The van der Waals surface area contributed by atoms with Gasteiger partial charge in [0.15, 0.2) is 5.75 Å². The summed E-state index contributed by atoms with van der Waals surface area (Å²) in [7, 11) is 1.21. The van der Waals surface area contributed by atoms with E-state index in [0.717, 1.165) is 5.56 Å². The minimum Gasteiger partial charge on any atom is -0.503 e. The summed E-state index contributed by atoms with van der Waals surface area (Å²) < 4.78 is 5.14. The van der Waals surface area contributed by atoms with Gasteiger partial charge in [-0.3, -0.25) is 15.5 Å². The number of benzene rings is 2. The second-order valence-electron chi connectivity index (χ2n) is 4.73. The predicted molar refractivity (Wildman–Crippen MR) is 91.1 cm³/mol. The molecule has 8 heteroatoms. The number of nitrogens with one attached hydrogen (secondary N) is 1. The van der Waals surface area contributed by atoms with Gasteiger partial charge in [-0.2, -0.15) is 0 Å². The Labute approximate surface area is 145 Å². The van der Waals surface area contributed by atoms with E-state index < -0.39 is 16.4 Å². The second kappa shape index (κ2) is 6.55. The lowest BCUT2D eigenvalue weighted by molar-refractivity contribution is -0.386. The zero-order chi connectivity index (χ0) is 17.3. The molecule has 0 aliphatic rings. The number of hydrogen-bond acceptors (Lipinski definition) is 5. The molecule has 120 valence electrons. The van der Waals surface area contributed by atoms with E-state index in [4.69, 9.17) is 21.7 Å². The van der Waals surface area contributed by atoms with Gasteiger partial charge in [-0.1, -0.05) is 23.7 Å². The number of aromatic hydroxyl groups is 1. The topological polar surface area (TPSA) is 96.5 Å². The zero-order valence-corrected chi connectivity index (χ0v) is 14.5. The van der Waals surface area contributed by atoms with Crippen molar-refractivity contribution in [3.05, 3.63) is 60.6 Å². The number of nitro groups is 1. The van der Waals surface area contributed by atoms with E-state index in [-0.39, 0.29) is 21.5 Å². The molecule has 23 heavy (non-hydrogen) atoms. The fraction of sp³-hybridized carbons (Fsp3) is 0.133. The maximum atomic E-state index is 11.4. The van der Waals surface area contributed by atoms with Crippen LogP contribution < -0.4 is 4.74 Å². The Hall–Kier alpha value is -2.12. The van der Waals surface area contributed by atoms with Crippen molar-refractivity contribution in [3.8, 4) is 11.5 Å². The number of nitrogens with zero attached hydrogens (tertiary/aromatic N) is 1. The Morgan fingerprint density at radius 1 is 1.43 bits per heavy atom. The molecule has 0 spiro atoms. The van der Waals surface area contributed by atoms with Crippen molar-refractivity contribution in [2.24, 2.45) is 0 Å². The average molecular weight is 400 g/mol. The van der Waals surface area contributed by atoms with E-state index in [1.54, 1.807) is 18.2 Å². The summed E-state index contributed by atoms with van der Waals surface area (Å²) in [4.78, 5) is 10.7. The molecule has 2 rings (SSSR count). The summed E-state index contributed by atoms with van der Waals surface area (Å²) in [6.45, 7) is 1.82. The van der Waals surface area contributed by atoms with Gasteiger partial charge in [-0.25, -0.2) is 0 Å². The fourth-order valence-corrected chi connectivity index (χ4v) is 2.66. The Bertz CT molecular complexity index is 824. The molecule has 0 saturated carbocycles. The van der Waals surface area contributed by atoms with Crippen molar-refractivity contribution in [2.75, 3.05) is 7.11 Å². The molecule has 0 atom stereocenters. The maximum absolute atomic E-state index is 11.4. The van der Waals surface area contributed by atoms with Crippen molar-refractivity contribution >= 4 is 38.9 Å². The van der Waals surface area contributed by atoms with Crippen LogP contribution in [0.2, 0.25) is 5.02 Å². The molecule has 2 N–H and O–H groups in total. The molecule has 0 amide bonds. The van der Waals surface area contributed by atoms with Crippen LogP contribution in [0, 0.1) is 22.4 Å². The van der Waals surface area contributed by atoms with Crippen LogP contribution >= 0.6 is 27.5 Å². The van der Waals surface area contributed by atoms with Crippen LogP contribution in [0.4, 0.5) is 5.69 Å². The Balaban J connectivity index is 2.71. The van der Waals surface area contributed by atoms with Gasteiger partial charge in [0.1, 0.15) is 0 Å². The third-order valence-electron chi connectivity index (χ3n) is 3.30. The van der Waals surface area contributed by atoms with Crippen molar-refractivity contribution < 1.29 is 14.8 Å². The first-order valence-corrected chi connectivity index (χ1v) is 7.54. The van der Waals surface area contributed by atoms with E-state index in [2.05, 4.69) is 15.9 Å². The third kappa shape index (κ3) is 3.16. The molecule has 0 aliphatic heterocycles. The van der Waals surface area contributed by atoms with Crippen LogP contribution in [0.25, 0.3) is 0 Å². The Morgan fingerprint density at radius 2 is 2.09 bits per heavy atom. The fourth-order valence-electron chi connectivity index (χ4n) is 2.08. The lowest BCUT2D eigenvalue weighted by Gasteiger charge is -2.12. The molecule has 0 aliphatic carbocycles. The monoisotopic (exact) mass is 398 g/mol. The lowest BCUT2D eigenvalue weighted by atomic mass is 9.99. The Morgan fingerprint density at radius 3 is 2.61 bits per heavy atom. The van der Waals surface area contributed by atoms with E-state index in [1.165, 1.54) is 13.2 Å². The van der Waals surface area contributed by atoms with Crippen LogP contribution in [0.5, 0.6) is 11.5 Å². The van der Waals surface area contributed by atoms with E-state index in [9.17, 15) is 15.2 Å². The molecule has 0 heterocycles. The smallest absolute Gasteiger partial charge is 0.324 e. The highest BCUT2D eigenvalue weighted by Gasteiger charge is 2.29. The summed E-state index contributed by atoms with van der Waals surface area (Å²) in [5.74, 6) is -0.694. The van der Waals surface area contributed by atoms with E-state index >= 15 is 0 Å². The van der Waals surface area contributed by atoms with E-state index in [1.807, 2.05) is 6.92 Å². The standard InChI is InChI=1S/C15H12BrClN2O4/c1-7-3-4-8(5-11(7)17)12(18)9-6-10(16)14(20)15(23-2)13(9)19(21)22/h3-6,18,20H,1-2H3. The van der Waals surface area contributed by atoms with Gasteiger partial charge in [0.2, 0.25) is 5.75 Å². The molecular weight excluding hydrogens is 388 g/mol. The van der Waals surface area contributed by atoms with Crippen molar-refractivity contribution in [2.45, 2.75) is 6.92 Å². The van der Waals surface area contributed by atoms with Crippen molar-refractivity contribution in [1.29, 1.82) is 5.41 Å². The van der Waals surface area contributed by atoms with Crippen LogP contribution in [-0.2, 0) is 0 Å². The maximum Gasteiger partial charge on any atom is 0.324 e. The number of rotatable bonds is 4. The molecule has 6 nitrogen and oxygen atoms in total. The SMILES string of the molecule is COc1c(O)c(Br)cc(C(=N)c2ccc(C)c(Cl)c2)c1[N+](=O)[O-]. The van der Waals surface area contributed by atoms with Crippen molar-refractivity contribution in [3.63, 3.8) is 0 Å². The highest BCUT2D eigenvalue weighted by Crippen LogP contribution is 2.44. The van der Waals surface area contributed by atoms with Gasteiger partial charge < -0.3 is 9.84 Å². The number of phenols is 1. The average Bonchev–Trinajstić information content (AvgIpc) is 2.51. The van der Waals surface area contributed by atoms with Gasteiger partial charge in [0, 0.05) is 10.6 Å². The Kier molecular flexibility index (Phi) is 4.91. The van der Waals surface area contributed by atoms with Gasteiger partial charge in [-0.15, -0.1) is 0 Å². The summed E-state index contributed by atoms with van der Waals surface area (Å²) >= 11 is 9.17. The van der Waals surface area contributed by atoms with Crippen molar-refractivity contribution in [1.82, 2.24) is 0 Å². The first kappa shape index (κ1) is 17.2. The minimum absolute atomic E-state index is 0.0106. The van der Waals surface area contributed by atoms with Crippen LogP contribution in [0.1, 0.15) is 16.7 Å². The number of hydrogen-bond donors (Lipinski definition) is 2. The van der Waals surface area contributed by atoms with Crippen LogP contribution in [-0.4, -0.2) is 22.9 Å². The van der Waals surface area contributed by atoms with Gasteiger partial charge in [0.25, 0.3) is 0 Å².